The lowest BCUT2D eigenvalue weighted by Crippen LogP contribution is -2.21. The van der Waals surface area contributed by atoms with Gasteiger partial charge in [-0.05, 0) is 20.0 Å². The minimum Gasteiger partial charge on any atom is -0.358 e. The highest BCUT2D eigenvalue weighted by Crippen LogP contribution is 2.20. The number of hydrogen-bond donors (Lipinski definition) is 0. The van der Waals surface area contributed by atoms with E-state index in [-0.39, 0.29) is 0 Å². The maximum absolute atomic E-state index is 5.98. The molecule has 0 aliphatic carbocycles. The molecule has 0 saturated carbocycles. The van der Waals surface area contributed by atoms with Crippen LogP contribution in [-0.2, 0) is 6.54 Å². The van der Waals surface area contributed by atoms with Crippen molar-refractivity contribution >= 4 is 11.6 Å². The fraction of sp³-hybridized carbons (Fsp3) is 0.667. The number of hydrogen-bond acceptors (Lipinski definition) is 3. The summed E-state index contributed by atoms with van der Waals surface area (Å²) in [5, 5.41) is 4.46. The van der Waals surface area contributed by atoms with Crippen molar-refractivity contribution in [3.8, 4) is 0 Å². The first-order valence-corrected chi connectivity index (χ1v) is 4.89. The molecule has 1 heterocycles. The molecule has 0 radical (unpaired) electrons. The van der Waals surface area contributed by atoms with Crippen LogP contribution in [0.25, 0.3) is 0 Å². The molecular weight excluding hydrogens is 188 g/mol. The van der Waals surface area contributed by atoms with Crippen molar-refractivity contribution in [1.82, 2.24) is 10.1 Å². The van der Waals surface area contributed by atoms with Crippen LogP contribution in [-0.4, -0.2) is 23.1 Å². The smallest absolute Gasteiger partial charge is 0.169 e. The maximum atomic E-state index is 5.98. The third-order valence-corrected chi connectivity index (χ3v) is 2.60. The summed E-state index contributed by atoms with van der Waals surface area (Å²) in [5.74, 6) is 0.767. The van der Waals surface area contributed by atoms with Crippen LogP contribution >= 0.6 is 11.6 Å². The van der Waals surface area contributed by atoms with E-state index in [0.29, 0.717) is 5.02 Å². The van der Waals surface area contributed by atoms with Crippen molar-refractivity contribution in [3.05, 3.63) is 16.5 Å². The van der Waals surface area contributed by atoms with E-state index in [1.165, 1.54) is 0 Å². The molecule has 1 rings (SSSR count). The summed E-state index contributed by atoms with van der Waals surface area (Å²) in [6.45, 7) is 8.80. The lowest BCUT2D eigenvalue weighted by Gasteiger charge is -2.15. The first kappa shape index (κ1) is 10.5. The number of rotatable bonds is 4. The van der Waals surface area contributed by atoms with Gasteiger partial charge in [-0.25, -0.2) is 0 Å². The van der Waals surface area contributed by atoms with E-state index in [0.717, 1.165) is 31.1 Å². The second-order valence-electron chi connectivity index (χ2n) is 2.97. The molecule has 0 spiro atoms. The summed E-state index contributed by atoms with van der Waals surface area (Å²) in [5.41, 5.74) is 0.767. The Hall–Kier alpha value is -0.540. The Morgan fingerprint density at radius 2 is 2.00 bits per heavy atom. The standard InChI is InChI=1S/C9H15ClN2O/c1-4-12(5-2)6-8-9(10)7(3)11-13-8/h4-6H2,1-3H3. The zero-order valence-corrected chi connectivity index (χ0v) is 9.06. The molecule has 0 fully saturated rings. The zero-order valence-electron chi connectivity index (χ0n) is 8.30. The largest absolute Gasteiger partial charge is 0.358 e. The Morgan fingerprint density at radius 3 is 2.38 bits per heavy atom. The summed E-state index contributed by atoms with van der Waals surface area (Å²) in [4.78, 5) is 2.23. The number of aryl methyl sites for hydroxylation is 1. The Labute approximate surface area is 83.6 Å². The summed E-state index contributed by atoms with van der Waals surface area (Å²) >= 11 is 5.98. The Kier molecular flexibility index (Phi) is 3.75. The molecule has 0 amide bonds. The fourth-order valence-electron chi connectivity index (χ4n) is 1.15. The second kappa shape index (κ2) is 4.63. The lowest BCUT2D eigenvalue weighted by atomic mass is 10.3. The van der Waals surface area contributed by atoms with Gasteiger partial charge in [-0.1, -0.05) is 30.6 Å². The molecule has 0 atom stereocenters. The van der Waals surface area contributed by atoms with E-state index in [4.69, 9.17) is 16.1 Å². The van der Waals surface area contributed by atoms with Crippen LogP contribution in [0.3, 0.4) is 0 Å². The average molecular weight is 203 g/mol. The lowest BCUT2D eigenvalue weighted by molar-refractivity contribution is 0.251. The van der Waals surface area contributed by atoms with Crippen LogP contribution in [0.15, 0.2) is 4.52 Å². The fourth-order valence-corrected chi connectivity index (χ4v) is 1.28. The number of halogens is 1. The quantitative estimate of drug-likeness (QED) is 0.751. The van der Waals surface area contributed by atoms with Gasteiger partial charge in [-0.2, -0.15) is 0 Å². The first-order chi connectivity index (χ1) is 6.19. The molecule has 74 valence electrons. The SMILES string of the molecule is CCN(CC)Cc1onc(C)c1Cl. The molecule has 0 aromatic carbocycles. The monoisotopic (exact) mass is 202 g/mol. The summed E-state index contributed by atoms with van der Waals surface area (Å²) in [7, 11) is 0. The van der Waals surface area contributed by atoms with Crippen LogP contribution in [0.4, 0.5) is 0 Å². The molecule has 1 aromatic rings. The van der Waals surface area contributed by atoms with E-state index in [2.05, 4.69) is 23.9 Å². The highest BCUT2D eigenvalue weighted by molar-refractivity contribution is 6.31. The molecule has 0 unspecified atom stereocenters. The molecule has 3 nitrogen and oxygen atoms in total. The van der Waals surface area contributed by atoms with Crippen molar-refractivity contribution in [3.63, 3.8) is 0 Å². The van der Waals surface area contributed by atoms with Gasteiger partial charge in [-0.15, -0.1) is 0 Å². The maximum Gasteiger partial charge on any atom is 0.169 e. The van der Waals surface area contributed by atoms with Crippen molar-refractivity contribution in [2.75, 3.05) is 13.1 Å². The highest BCUT2D eigenvalue weighted by Gasteiger charge is 2.12. The zero-order chi connectivity index (χ0) is 9.84. The van der Waals surface area contributed by atoms with Crippen molar-refractivity contribution < 1.29 is 4.52 Å². The van der Waals surface area contributed by atoms with Gasteiger partial charge in [0.1, 0.15) is 5.02 Å². The summed E-state index contributed by atoms with van der Waals surface area (Å²) < 4.78 is 5.11. The van der Waals surface area contributed by atoms with Crippen molar-refractivity contribution in [2.45, 2.75) is 27.3 Å². The molecule has 1 aromatic heterocycles. The molecule has 0 N–H and O–H groups in total. The van der Waals surface area contributed by atoms with Gasteiger partial charge in [-0.3, -0.25) is 4.90 Å². The van der Waals surface area contributed by atoms with E-state index < -0.39 is 0 Å². The van der Waals surface area contributed by atoms with Gasteiger partial charge in [0.05, 0.1) is 12.2 Å². The second-order valence-corrected chi connectivity index (χ2v) is 3.34. The summed E-state index contributed by atoms with van der Waals surface area (Å²) in [6.07, 6.45) is 0. The van der Waals surface area contributed by atoms with Gasteiger partial charge in [0, 0.05) is 0 Å². The Morgan fingerprint density at radius 1 is 1.38 bits per heavy atom. The predicted molar refractivity (Wildman–Crippen MR) is 52.9 cm³/mol. The normalized spacial score (nSPS) is 11.2. The van der Waals surface area contributed by atoms with E-state index >= 15 is 0 Å². The number of nitrogens with zero attached hydrogens (tertiary/aromatic N) is 2. The molecule has 0 aliphatic heterocycles. The number of aromatic nitrogens is 1. The molecule has 0 aliphatic rings. The van der Waals surface area contributed by atoms with Crippen LogP contribution in [0, 0.1) is 6.92 Å². The van der Waals surface area contributed by atoms with E-state index in [1.807, 2.05) is 6.92 Å². The molecular formula is C9H15ClN2O. The molecule has 0 bridgehead atoms. The molecule has 13 heavy (non-hydrogen) atoms. The average Bonchev–Trinajstić information content (AvgIpc) is 2.45. The van der Waals surface area contributed by atoms with Gasteiger partial charge < -0.3 is 4.52 Å². The minimum absolute atomic E-state index is 0.659. The predicted octanol–water partition coefficient (Wildman–Crippen LogP) is 2.48. The molecule has 0 saturated heterocycles. The Balaban J connectivity index is 2.67. The van der Waals surface area contributed by atoms with Gasteiger partial charge >= 0.3 is 0 Å². The minimum atomic E-state index is 0.659. The third kappa shape index (κ3) is 2.45. The topological polar surface area (TPSA) is 29.3 Å². The Bertz CT molecular complexity index is 269. The third-order valence-electron chi connectivity index (χ3n) is 2.12. The van der Waals surface area contributed by atoms with E-state index in [9.17, 15) is 0 Å². The molecule has 4 heteroatoms. The van der Waals surface area contributed by atoms with Crippen molar-refractivity contribution in [2.24, 2.45) is 0 Å². The van der Waals surface area contributed by atoms with Gasteiger partial charge in [0.15, 0.2) is 5.76 Å². The van der Waals surface area contributed by atoms with Gasteiger partial charge in [0.2, 0.25) is 0 Å². The van der Waals surface area contributed by atoms with E-state index in [1.54, 1.807) is 0 Å². The van der Waals surface area contributed by atoms with Crippen LogP contribution in [0.1, 0.15) is 25.3 Å². The van der Waals surface area contributed by atoms with Crippen molar-refractivity contribution in [1.29, 1.82) is 0 Å². The first-order valence-electron chi connectivity index (χ1n) is 4.52. The highest BCUT2D eigenvalue weighted by atomic mass is 35.5. The summed E-state index contributed by atoms with van der Waals surface area (Å²) in [6, 6.07) is 0. The van der Waals surface area contributed by atoms with Crippen LogP contribution < -0.4 is 0 Å². The van der Waals surface area contributed by atoms with Crippen LogP contribution in [0.5, 0.6) is 0 Å². The van der Waals surface area contributed by atoms with Gasteiger partial charge in [0.25, 0.3) is 0 Å². The van der Waals surface area contributed by atoms with Crippen LogP contribution in [0.2, 0.25) is 5.02 Å².